The molecule has 114 valence electrons. The number of fused-ring (bicyclic) bond motifs is 1. The minimum absolute atomic E-state index is 0.0835. The van der Waals surface area contributed by atoms with Crippen LogP contribution in [0, 0.1) is 5.92 Å². The Morgan fingerprint density at radius 1 is 1.18 bits per heavy atom. The van der Waals surface area contributed by atoms with Gasteiger partial charge in [-0.05, 0) is 24.3 Å². The number of benzene rings is 1. The number of carbonyl (C=O) groups is 1. The van der Waals surface area contributed by atoms with E-state index in [1.54, 1.807) is 10.7 Å². The Kier molecular flexibility index (Phi) is 3.33. The van der Waals surface area contributed by atoms with E-state index in [4.69, 9.17) is 4.74 Å². The first-order valence-corrected chi connectivity index (χ1v) is 7.83. The summed E-state index contributed by atoms with van der Waals surface area (Å²) in [4.78, 5) is 14.4. The normalized spacial score (nSPS) is 17.5. The Morgan fingerprint density at radius 3 is 2.77 bits per heavy atom. The quantitative estimate of drug-likeness (QED) is 0.851. The van der Waals surface area contributed by atoms with Crippen molar-refractivity contribution in [3.63, 3.8) is 0 Å². The molecule has 0 unspecified atom stereocenters. The van der Waals surface area contributed by atoms with Crippen molar-refractivity contribution in [2.45, 2.75) is 26.0 Å². The summed E-state index contributed by atoms with van der Waals surface area (Å²) in [5.74, 6) is 1.33. The van der Waals surface area contributed by atoms with Crippen molar-refractivity contribution in [1.29, 1.82) is 0 Å². The van der Waals surface area contributed by atoms with Crippen LogP contribution in [-0.2, 0) is 13.2 Å². The fourth-order valence-electron chi connectivity index (χ4n) is 2.80. The molecule has 1 aromatic heterocycles. The Morgan fingerprint density at radius 2 is 2.00 bits per heavy atom. The highest BCUT2D eigenvalue weighted by Crippen LogP contribution is 2.31. The van der Waals surface area contributed by atoms with Crippen LogP contribution in [0.5, 0.6) is 5.88 Å². The molecule has 1 aliphatic heterocycles. The molecule has 0 bridgehead atoms. The topological polar surface area (TPSA) is 47.4 Å². The van der Waals surface area contributed by atoms with Gasteiger partial charge in [0.15, 0.2) is 0 Å². The second-order valence-corrected chi connectivity index (χ2v) is 6.06. The summed E-state index contributed by atoms with van der Waals surface area (Å²) < 4.78 is 7.49. The third-order valence-corrected chi connectivity index (χ3v) is 4.25. The van der Waals surface area contributed by atoms with Gasteiger partial charge in [-0.2, -0.15) is 0 Å². The largest absolute Gasteiger partial charge is 0.472 e. The molecular formula is C17H19N3O2. The van der Waals surface area contributed by atoms with Crippen molar-refractivity contribution in [3.05, 3.63) is 47.7 Å². The number of nitrogens with zero attached hydrogens (tertiary/aromatic N) is 3. The number of ether oxygens (including phenoxy) is 1. The number of hydrogen-bond acceptors (Lipinski definition) is 3. The summed E-state index contributed by atoms with van der Waals surface area (Å²) in [7, 11) is 0. The minimum atomic E-state index is 0.0835. The number of amides is 1. The first-order valence-electron chi connectivity index (χ1n) is 7.83. The van der Waals surface area contributed by atoms with Crippen molar-refractivity contribution >= 4 is 5.91 Å². The van der Waals surface area contributed by atoms with Gasteiger partial charge < -0.3 is 9.64 Å². The van der Waals surface area contributed by atoms with Crippen LogP contribution in [0.2, 0.25) is 0 Å². The van der Waals surface area contributed by atoms with Gasteiger partial charge in [0.25, 0.3) is 5.91 Å². The lowest BCUT2D eigenvalue weighted by atomic mass is 10.2. The van der Waals surface area contributed by atoms with E-state index in [0.717, 1.165) is 25.2 Å². The fourth-order valence-corrected chi connectivity index (χ4v) is 2.80. The number of rotatable bonds is 5. The highest BCUT2D eigenvalue weighted by Gasteiger charge is 2.31. The lowest BCUT2D eigenvalue weighted by Crippen LogP contribution is -2.41. The molecule has 2 heterocycles. The van der Waals surface area contributed by atoms with Gasteiger partial charge >= 0.3 is 0 Å². The molecule has 1 fully saturated rings. The minimum Gasteiger partial charge on any atom is -0.472 e. The Labute approximate surface area is 129 Å². The zero-order valence-electron chi connectivity index (χ0n) is 12.4. The van der Waals surface area contributed by atoms with Gasteiger partial charge in [0.1, 0.15) is 12.3 Å². The predicted octanol–water partition coefficient (Wildman–Crippen LogP) is 2.33. The SMILES string of the molecule is O=C1c2cc(OCc3ccccc3)nn2CCN1CC1CC1. The summed E-state index contributed by atoms with van der Waals surface area (Å²) in [6, 6.07) is 11.7. The summed E-state index contributed by atoms with van der Waals surface area (Å²) in [5.41, 5.74) is 1.74. The van der Waals surface area contributed by atoms with Gasteiger partial charge in [-0.25, -0.2) is 0 Å². The van der Waals surface area contributed by atoms with Crippen molar-refractivity contribution in [3.8, 4) is 5.88 Å². The Bertz CT molecular complexity index is 676. The maximum Gasteiger partial charge on any atom is 0.272 e. The monoisotopic (exact) mass is 297 g/mol. The van der Waals surface area contributed by atoms with E-state index in [1.807, 2.05) is 35.2 Å². The standard InChI is InChI=1S/C17H19N3O2/c21-17-15-10-16(22-12-14-4-2-1-3-5-14)18-20(15)9-8-19(17)11-13-6-7-13/h1-5,10,13H,6-9,11-12H2. The smallest absolute Gasteiger partial charge is 0.272 e. The van der Waals surface area contributed by atoms with Gasteiger partial charge in [0.05, 0.1) is 6.54 Å². The number of carbonyl (C=O) groups excluding carboxylic acids is 1. The third kappa shape index (κ3) is 2.71. The van der Waals surface area contributed by atoms with E-state index < -0.39 is 0 Å². The number of aromatic nitrogens is 2. The van der Waals surface area contributed by atoms with E-state index in [9.17, 15) is 4.79 Å². The molecular weight excluding hydrogens is 278 g/mol. The summed E-state index contributed by atoms with van der Waals surface area (Å²) in [5, 5.41) is 4.39. The van der Waals surface area contributed by atoms with E-state index in [-0.39, 0.29) is 5.91 Å². The Balaban J connectivity index is 1.45. The second-order valence-electron chi connectivity index (χ2n) is 6.06. The van der Waals surface area contributed by atoms with Crippen LogP contribution < -0.4 is 4.74 Å². The highest BCUT2D eigenvalue weighted by atomic mass is 16.5. The van der Waals surface area contributed by atoms with Crippen LogP contribution in [0.15, 0.2) is 36.4 Å². The molecule has 0 spiro atoms. The van der Waals surface area contributed by atoms with Crippen LogP contribution in [0.25, 0.3) is 0 Å². The molecule has 0 N–H and O–H groups in total. The van der Waals surface area contributed by atoms with E-state index in [2.05, 4.69) is 5.10 Å². The summed E-state index contributed by atoms with van der Waals surface area (Å²) >= 11 is 0. The molecule has 1 aliphatic carbocycles. The van der Waals surface area contributed by atoms with Gasteiger partial charge in [0.2, 0.25) is 5.88 Å². The zero-order valence-corrected chi connectivity index (χ0v) is 12.4. The van der Waals surface area contributed by atoms with Gasteiger partial charge in [0, 0.05) is 19.2 Å². The average molecular weight is 297 g/mol. The van der Waals surface area contributed by atoms with Crippen LogP contribution in [0.3, 0.4) is 0 Å². The molecule has 0 saturated heterocycles. The lowest BCUT2D eigenvalue weighted by molar-refractivity contribution is 0.0689. The first-order chi connectivity index (χ1) is 10.8. The second kappa shape index (κ2) is 5.48. The van der Waals surface area contributed by atoms with Gasteiger partial charge in [-0.15, -0.1) is 5.10 Å². The van der Waals surface area contributed by atoms with Crippen LogP contribution >= 0.6 is 0 Å². The molecule has 4 rings (SSSR count). The van der Waals surface area contributed by atoms with Crippen LogP contribution in [-0.4, -0.2) is 33.7 Å². The molecule has 0 atom stereocenters. The molecule has 5 nitrogen and oxygen atoms in total. The van der Waals surface area contributed by atoms with Crippen molar-refractivity contribution in [2.24, 2.45) is 5.92 Å². The van der Waals surface area contributed by atoms with E-state index >= 15 is 0 Å². The maximum atomic E-state index is 12.5. The predicted molar refractivity (Wildman–Crippen MR) is 81.6 cm³/mol. The fraction of sp³-hybridized carbons (Fsp3) is 0.412. The Hall–Kier alpha value is -2.30. The average Bonchev–Trinajstić information content (AvgIpc) is 3.26. The molecule has 0 radical (unpaired) electrons. The molecule has 1 saturated carbocycles. The first kappa shape index (κ1) is 13.4. The van der Waals surface area contributed by atoms with Crippen LogP contribution in [0.4, 0.5) is 0 Å². The van der Waals surface area contributed by atoms with Crippen LogP contribution in [0.1, 0.15) is 28.9 Å². The lowest BCUT2D eigenvalue weighted by Gasteiger charge is -2.27. The molecule has 1 aromatic carbocycles. The van der Waals surface area contributed by atoms with Crippen molar-refractivity contribution in [1.82, 2.24) is 14.7 Å². The summed E-state index contributed by atoms with van der Waals surface area (Å²) in [6.45, 7) is 2.87. The van der Waals surface area contributed by atoms with Gasteiger partial charge in [-0.3, -0.25) is 9.48 Å². The molecule has 22 heavy (non-hydrogen) atoms. The molecule has 1 amide bonds. The third-order valence-electron chi connectivity index (χ3n) is 4.25. The van der Waals surface area contributed by atoms with Gasteiger partial charge in [-0.1, -0.05) is 30.3 Å². The van der Waals surface area contributed by atoms with E-state index in [0.29, 0.717) is 24.1 Å². The molecule has 2 aromatic rings. The summed E-state index contributed by atoms with van der Waals surface area (Å²) in [6.07, 6.45) is 2.52. The van der Waals surface area contributed by atoms with Crippen molar-refractivity contribution in [2.75, 3.05) is 13.1 Å². The van der Waals surface area contributed by atoms with Crippen molar-refractivity contribution < 1.29 is 9.53 Å². The zero-order chi connectivity index (χ0) is 14.9. The molecule has 2 aliphatic rings. The molecule has 5 heteroatoms. The van der Waals surface area contributed by atoms with E-state index in [1.165, 1.54) is 12.8 Å². The highest BCUT2D eigenvalue weighted by molar-refractivity contribution is 5.93. The number of hydrogen-bond donors (Lipinski definition) is 0. The maximum absolute atomic E-state index is 12.5.